The van der Waals surface area contributed by atoms with E-state index in [1.54, 1.807) is 23.1 Å². The van der Waals surface area contributed by atoms with Gasteiger partial charge in [-0.1, -0.05) is 6.92 Å². The molecule has 0 spiro atoms. The van der Waals surface area contributed by atoms with Gasteiger partial charge in [0.15, 0.2) is 0 Å². The Morgan fingerprint density at radius 3 is 2.81 bits per heavy atom. The molecule has 1 aromatic rings. The third-order valence-electron chi connectivity index (χ3n) is 3.60. The SMILES string of the molecule is CSC(C)CCNS(=O)(=O)c1cc(CNC2CC2)sc1C. The molecule has 0 aliphatic heterocycles. The summed E-state index contributed by atoms with van der Waals surface area (Å²) in [5, 5.41) is 3.89. The fourth-order valence-corrected chi connectivity index (χ4v) is 4.99. The molecule has 1 fully saturated rings. The van der Waals surface area contributed by atoms with E-state index in [-0.39, 0.29) is 0 Å². The van der Waals surface area contributed by atoms with E-state index in [0.29, 0.717) is 22.7 Å². The standard InChI is InChI=1S/C14H24N2O2S3/c1-10(19-3)6-7-16-21(17,18)14-8-13(20-11(14)2)9-15-12-4-5-12/h8,10,12,15-16H,4-7,9H2,1-3H3. The summed E-state index contributed by atoms with van der Waals surface area (Å²) in [7, 11) is -3.37. The number of hydrogen-bond donors (Lipinski definition) is 2. The molecule has 2 rings (SSSR count). The Balaban J connectivity index is 1.94. The van der Waals surface area contributed by atoms with Crippen molar-refractivity contribution in [2.24, 2.45) is 0 Å². The van der Waals surface area contributed by atoms with Gasteiger partial charge in [0.1, 0.15) is 0 Å². The largest absolute Gasteiger partial charge is 0.309 e. The molecule has 1 aliphatic rings. The van der Waals surface area contributed by atoms with Crippen LogP contribution in [0.15, 0.2) is 11.0 Å². The first-order valence-electron chi connectivity index (χ1n) is 7.27. The molecule has 21 heavy (non-hydrogen) atoms. The van der Waals surface area contributed by atoms with Crippen molar-refractivity contribution in [3.63, 3.8) is 0 Å². The molecular formula is C14H24N2O2S3. The van der Waals surface area contributed by atoms with Gasteiger partial charge in [0, 0.05) is 34.1 Å². The highest BCUT2D eigenvalue weighted by Gasteiger charge is 2.22. The van der Waals surface area contributed by atoms with Gasteiger partial charge in [-0.3, -0.25) is 0 Å². The predicted molar refractivity (Wildman–Crippen MR) is 91.7 cm³/mol. The van der Waals surface area contributed by atoms with Crippen LogP contribution in [0.4, 0.5) is 0 Å². The Kier molecular flexibility index (Phi) is 6.14. The van der Waals surface area contributed by atoms with Crippen LogP contribution >= 0.6 is 23.1 Å². The Bertz CT molecular complexity index is 565. The molecule has 0 amide bonds. The smallest absolute Gasteiger partial charge is 0.241 e. The average molecular weight is 349 g/mol. The maximum Gasteiger partial charge on any atom is 0.241 e. The third kappa shape index (κ3) is 5.25. The first kappa shape index (κ1) is 17.3. The van der Waals surface area contributed by atoms with Crippen molar-refractivity contribution in [1.82, 2.24) is 10.0 Å². The highest BCUT2D eigenvalue weighted by molar-refractivity contribution is 7.99. The van der Waals surface area contributed by atoms with E-state index in [1.165, 1.54) is 12.8 Å². The van der Waals surface area contributed by atoms with Crippen molar-refractivity contribution >= 4 is 33.1 Å². The zero-order valence-corrected chi connectivity index (χ0v) is 15.3. The molecule has 1 atom stereocenters. The summed E-state index contributed by atoms with van der Waals surface area (Å²) in [6.45, 7) is 5.26. The zero-order valence-electron chi connectivity index (χ0n) is 12.8. The summed E-state index contributed by atoms with van der Waals surface area (Å²) in [5.74, 6) is 0. The summed E-state index contributed by atoms with van der Waals surface area (Å²) >= 11 is 3.32. The lowest BCUT2D eigenvalue weighted by molar-refractivity contribution is 0.578. The lowest BCUT2D eigenvalue weighted by Gasteiger charge is -2.09. The van der Waals surface area contributed by atoms with Gasteiger partial charge in [-0.2, -0.15) is 11.8 Å². The van der Waals surface area contributed by atoms with Gasteiger partial charge in [0.2, 0.25) is 10.0 Å². The second-order valence-corrected chi connectivity index (χ2v) is 9.87. The van der Waals surface area contributed by atoms with Crippen LogP contribution in [0, 0.1) is 6.92 Å². The van der Waals surface area contributed by atoms with E-state index < -0.39 is 10.0 Å². The quantitative estimate of drug-likeness (QED) is 0.720. The minimum Gasteiger partial charge on any atom is -0.309 e. The second-order valence-electron chi connectivity index (χ2n) is 5.52. The Hall–Kier alpha value is -0.0800. The third-order valence-corrected chi connectivity index (χ3v) is 7.41. The fraction of sp³-hybridized carbons (Fsp3) is 0.714. The van der Waals surface area contributed by atoms with E-state index in [4.69, 9.17) is 0 Å². The lowest BCUT2D eigenvalue weighted by atomic mass is 10.3. The van der Waals surface area contributed by atoms with Crippen molar-refractivity contribution in [2.45, 2.75) is 55.8 Å². The first-order chi connectivity index (χ1) is 9.92. The van der Waals surface area contributed by atoms with Crippen LogP contribution in [-0.2, 0) is 16.6 Å². The van der Waals surface area contributed by atoms with Gasteiger partial charge in [-0.15, -0.1) is 11.3 Å². The normalized spacial score (nSPS) is 17.1. The van der Waals surface area contributed by atoms with Crippen LogP contribution in [0.25, 0.3) is 0 Å². The van der Waals surface area contributed by atoms with Crippen LogP contribution in [0.5, 0.6) is 0 Å². The topological polar surface area (TPSA) is 58.2 Å². The first-order valence-corrected chi connectivity index (χ1v) is 10.9. The van der Waals surface area contributed by atoms with Gasteiger partial charge in [-0.05, 0) is 38.5 Å². The lowest BCUT2D eigenvalue weighted by Crippen LogP contribution is -2.26. The van der Waals surface area contributed by atoms with Gasteiger partial charge in [0.25, 0.3) is 0 Å². The fourth-order valence-electron chi connectivity index (χ4n) is 2.00. The van der Waals surface area contributed by atoms with Crippen molar-refractivity contribution < 1.29 is 8.42 Å². The van der Waals surface area contributed by atoms with Crippen LogP contribution < -0.4 is 10.0 Å². The highest BCUT2D eigenvalue weighted by atomic mass is 32.2. The number of hydrogen-bond acceptors (Lipinski definition) is 5. The van der Waals surface area contributed by atoms with Crippen LogP contribution in [0.1, 0.15) is 35.9 Å². The predicted octanol–water partition coefficient (Wildman–Crippen LogP) is 2.73. The number of nitrogens with one attached hydrogen (secondary N) is 2. The minimum absolute atomic E-state index is 0.442. The summed E-state index contributed by atoms with van der Waals surface area (Å²) in [6.07, 6.45) is 5.37. The molecule has 1 aliphatic carbocycles. The average Bonchev–Trinajstić information content (AvgIpc) is 3.18. The molecule has 1 unspecified atom stereocenters. The summed E-state index contributed by atoms with van der Waals surface area (Å²) < 4.78 is 27.4. The Labute approximate surface area is 136 Å². The van der Waals surface area contributed by atoms with Crippen molar-refractivity contribution in [1.29, 1.82) is 0 Å². The molecule has 120 valence electrons. The van der Waals surface area contributed by atoms with Gasteiger partial charge >= 0.3 is 0 Å². The van der Waals surface area contributed by atoms with E-state index in [9.17, 15) is 8.42 Å². The molecule has 1 heterocycles. The van der Waals surface area contributed by atoms with Crippen LogP contribution in [-0.4, -0.2) is 32.5 Å². The molecule has 0 aromatic carbocycles. The van der Waals surface area contributed by atoms with Crippen molar-refractivity contribution in [3.05, 3.63) is 15.8 Å². The van der Waals surface area contributed by atoms with E-state index in [2.05, 4.69) is 17.0 Å². The van der Waals surface area contributed by atoms with Gasteiger partial charge in [0.05, 0.1) is 4.90 Å². The number of aryl methyl sites for hydroxylation is 1. The van der Waals surface area contributed by atoms with Crippen LogP contribution in [0.2, 0.25) is 0 Å². The maximum absolute atomic E-state index is 12.4. The maximum atomic E-state index is 12.4. The summed E-state index contributed by atoms with van der Waals surface area (Å²) in [4.78, 5) is 2.40. The summed E-state index contributed by atoms with van der Waals surface area (Å²) in [6, 6.07) is 2.45. The van der Waals surface area contributed by atoms with E-state index >= 15 is 0 Å². The summed E-state index contributed by atoms with van der Waals surface area (Å²) in [5.41, 5.74) is 0. The monoisotopic (exact) mass is 348 g/mol. The Morgan fingerprint density at radius 1 is 1.48 bits per heavy atom. The number of thioether (sulfide) groups is 1. The molecule has 0 radical (unpaired) electrons. The van der Waals surface area contributed by atoms with Crippen LogP contribution in [0.3, 0.4) is 0 Å². The number of sulfonamides is 1. The van der Waals surface area contributed by atoms with Crippen molar-refractivity contribution in [3.8, 4) is 0 Å². The molecule has 1 aromatic heterocycles. The van der Waals surface area contributed by atoms with E-state index in [0.717, 1.165) is 22.7 Å². The molecule has 4 nitrogen and oxygen atoms in total. The van der Waals surface area contributed by atoms with Gasteiger partial charge in [-0.25, -0.2) is 13.1 Å². The number of rotatable bonds is 9. The molecule has 7 heteroatoms. The molecule has 0 saturated heterocycles. The molecular weight excluding hydrogens is 324 g/mol. The molecule has 0 bridgehead atoms. The Morgan fingerprint density at radius 2 is 2.19 bits per heavy atom. The van der Waals surface area contributed by atoms with Gasteiger partial charge < -0.3 is 5.32 Å². The zero-order chi connectivity index (χ0) is 15.5. The molecule has 1 saturated carbocycles. The molecule has 2 N–H and O–H groups in total. The highest BCUT2D eigenvalue weighted by Crippen LogP contribution is 2.27. The second kappa shape index (κ2) is 7.46. The van der Waals surface area contributed by atoms with E-state index in [1.807, 2.05) is 19.2 Å². The number of thiophene rings is 1. The van der Waals surface area contributed by atoms with Crippen molar-refractivity contribution in [2.75, 3.05) is 12.8 Å². The minimum atomic E-state index is -3.37.